The lowest BCUT2D eigenvalue weighted by Crippen LogP contribution is -2.24. The predicted octanol–water partition coefficient (Wildman–Crippen LogP) is 2.44. The topological polar surface area (TPSA) is 50.5 Å². The van der Waals surface area contributed by atoms with Crippen LogP contribution < -0.4 is 4.74 Å². The third-order valence-corrected chi connectivity index (χ3v) is 4.34. The van der Waals surface area contributed by atoms with Crippen LogP contribution in [0.15, 0.2) is 30.5 Å². The van der Waals surface area contributed by atoms with Crippen molar-refractivity contribution in [2.75, 3.05) is 19.8 Å². The fourth-order valence-corrected chi connectivity index (χ4v) is 3.38. The molecule has 2 heterocycles. The highest BCUT2D eigenvalue weighted by Crippen LogP contribution is 2.32. The number of rotatable bonds is 6. The molecule has 2 aromatic rings. The first-order valence-corrected chi connectivity index (χ1v) is 8.24. The van der Waals surface area contributed by atoms with E-state index in [0.29, 0.717) is 12.6 Å². The van der Waals surface area contributed by atoms with Gasteiger partial charge < -0.3 is 14.4 Å². The largest absolute Gasteiger partial charge is 0.491 e. The van der Waals surface area contributed by atoms with Gasteiger partial charge in [0.1, 0.15) is 18.2 Å². The van der Waals surface area contributed by atoms with Crippen molar-refractivity contribution in [3.05, 3.63) is 47.5 Å². The lowest BCUT2D eigenvalue weighted by molar-refractivity contribution is 0.200. The second-order valence-corrected chi connectivity index (χ2v) is 6.20. The van der Waals surface area contributed by atoms with Crippen molar-refractivity contribution in [3.63, 3.8) is 0 Å². The predicted molar refractivity (Wildman–Crippen MR) is 89.4 cm³/mol. The molecule has 0 unspecified atom stereocenters. The first-order valence-electron chi connectivity index (χ1n) is 8.24. The first kappa shape index (κ1) is 16.0. The van der Waals surface area contributed by atoms with Crippen molar-refractivity contribution in [3.8, 4) is 5.75 Å². The zero-order chi connectivity index (χ0) is 16.2. The Labute approximate surface area is 137 Å². The number of aryl methyl sites for hydroxylation is 2. The third-order valence-electron chi connectivity index (χ3n) is 4.34. The van der Waals surface area contributed by atoms with Gasteiger partial charge in [0.2, 0.25) is 0 Å². The molecule has 1 fully saturated rings. The van der Waals surface area contributed by atoms with Crippen molar-refractivity contribution in [2.24, 2.45) is 7.05 Å². The molecule has 5 heteroatoms. The van der Waals surface area contributed by atoms with Crippen molar-refractivity contribution in [1.82, 2.24) is 14.5 Å². The van der Waals surface area contributed by atoms with E-state index in [0.717, 1.165) is 36.8 Å². The quantitative estimate of drug-likeness (QED) is 0.889. The van der Waals surface area contributed by atoms with Crippen LogP contribution in [0.4, 0.5) is 0 Å². The normalized spacial score (nSPS) is 18.5. The Hall–Kier alpha value is -1.85. The number of aliphatic hydroxyl groups is 1. The number of aromatic nitrogens is 2. The highest BCUT2D eigenvalue weighted by Gasteiger charge is 2.29. The number of benzene rings is 1. The monoisotopic (exact) mass is 315 g/mol. The summed E-state index contributed by atoms with van der Waals surface area (Å²) in [5.41, 5.74) is 2.31. The number of hydrogen-bond donors (Lipinski definition) is 1. The molecule has 1 aromatic heterocycles. The van der Waals surface area contributed by atoms with E-state index in [1.54, 1.807) is 0 Å². The summed E-state index contributed by atoms with van der Waals surface area (Å²) in [6.07, 6.45) is 4.46. The summed E-state index contributed by atoms with van der Waals surface area (Å²) < 4.78 is 7.66. The van der Waals surface area contributed by atoms with Crippen molar-refractivity contribution < 1.29 is 9.84 Å². The summed E-state index contributed by atoms with van der Waals surface area (Å²) >= 11 is 0. The van der Waals surface area contributed by atoms with Gasteiger partial charge in [0.05, 0.1) is 18.3 Å². The van der Waals surface area contributed by atoms with Gasteiger partial charge in [-0.2, -0.15) is 0 Å². The van der Waals surface area contributed by atoms with Gasteiger partial charge in [0.25, 0.3) is 0 Å². The Kier molecular flexibility index (Phi) is 4.98. The maximum atomic E-state index is 8.87. The third kappa shape index (κ3) is 3.74. The van der Waals surface area contributed by atoms with Gasteiger partial charge in [-0.25, -0.2) is 4.98 Å². The van der Waals surface area contributed by atoms with Gasteiger partial charge in [0.15, 0.2) is 0 Å². The molecule has 0 amide bonds. The lowest BCUT2D eigenvalue weighted by atomic mass is 10.1. The van der Waals surface area contributed by atoms with Crippen LogP contribution in [0.1, 0.15) is 36.0 Å². The van der Waals surface area contributed by atoms with Gasteiger partial charge in [-0.05, 0) is 44.0 Å². The van der Waals surface area contributed by atoms with Gasteiger partial charge in [-0.15, -0.1) is 0 Å². The summed E-state index contributed by atoms with van der Waals surface area (Å²) in [7, 11) is 2.08. The zero-order valence-corrected chi connectivity index (χ0v) is 13.9. The molecule has 1 aromatic carbocycles. The van der Waals surface area contributed by atoms with Crippen molar-refractivity contribution >= 4 is 0 Å². The second-order valence-electron chi connectivity index (χ2n) is 6.20. The Balaban J connectivity index is 1.72. The maximum absolute atomic E-state index is 8.87. The number of likely N-dealkylation sites (tertiary alicyclic amines) is 1. The molecule has 1 aliphatic heterocycles. The molecule has 1 aliphatic rings. The molecule has 1 atom stereocenters. The molecule has 0 spiro atoms. The van der Waals surface area contributed by atoms with Gasteiger partial charge in [0, 0.05) is 19.8 Å². The molecular weight excluding hydrogens is 290 g/mol. The number of ether oxygens (including phenoxy) is 1. The number of imidazole rings is 1. The van der Waals surface area contributed by atoms with E-state index in [4.69, 9.17) is 14.8 Å². The summed E-state index contributed by atoms with van der Waals surface area (Å²) in [4.78, 5) is 7.20. The molecule has 0 aliphatic carbocycles. The average Bonchev–Trinajstić information content (AvgIpc) is 3.11. The molecule has 1 saturated heterocycles. The van der Waals surface area contributed by atoms with Crippen LogP contribution in [-0.4, -0.2) is 39.3 Å². The van der Waals surface area contributed by atoms with Crippen molar-refractivity contribution in [2.45, 2.75) is 32.4 Å². The number of hydrogen-bond acceptors (Lipinski definition) is 4. The summed E-state index contributed by atoms with van der Waals surface area (Å²) in [6.45, 7) is 4.41. The van der Waals surface area contributed by atoms with E-state index in [2.05, 4.69) is 34.8 Å². The van der Waals surface area contributed by atoms with Gasteiger partial charge >= 0.3 is 0 Å². The van der Waals surface area contributed by atoms with E-state index >= 15 is 0 Å². The fourth-order valence-electron chi connectivity index (χ4n) is 3.38. The first-order chi connectivity index (χ1) is 11.2. The van der Waals surface area contributed by atoms with E-state index < -0.39 is 0 Å². The highest BCUT2D eigenvalue weighted by atomic mass is 16.5. The van der Waals surface area contributed by atoms with Gasteiger partial charge in [-0.1, -0.05) is 12.1 Å². The molecule has 0 radical (unpaired) electrons. The standard InChI is InChI=1S/C18H25N3O2/c1-14-12-20(2)18(19-14)17-7-4-8-21(17)13-15-5-3-6-16(11-15)23-10-9-22/h3,5-6,11-12,17,22H,4,7-10,13H2,1-2H3/t17-/m0/s1. The van der Waals surface area contributed by atoms with Crippen LogP contribution >= 0.6 is 0 Å². The van der Waals surface area contributed by atoms with Crippen molar-refractivity contribution in [1.29, 1.82) is 0 Å². The smallest absolute Gasteiger partial charge is 0.126 e. The van der Waals surface area contributed by atoms with E-state index in [1.807, 2.05) is 19.1 Å². The number of nitrogens with zero attached hydrogens (tertiary/aromatic N) is 3. The van der Waals surface area contributed by atoms with Crippen LogP contribution in [-0.2, 0) is 13.6 Å². The molecule has 3 rings (SSSR count). The Morgan fingerprint density at radius 3 is 3.00 bits per heavy atom. The molecule has 23 heavy (non-hydrogen) atoms. The molecule has 124 valence electrons. The van der Waals surface area contributed by atoms with Crippen LogP contribution in [0.3, 0.4) is 0 Å². The highest BCUT2D eigenvalue weighted by molar-refractivity contribution is 5.28. The molecule has 0 saturated carbocycles. The van der Waals surface area contributed by atoms with E-state index in [-0.39, 0.29) is 6.61 Å². The maximum Gasteiger partial charge on any atom is 0.126 e. The van der Waals surface area contributed by atoms with Crippen LogP contribution in [0.5, 0.6) is 5.75 Å². The average molecular weight is 315 g/mol. The van der Waals surface area contributed by atoms with Crippen LogP contribution in [0.25, 0.3) is 0 Å². The summed E-state index contributed by atoms with van der Waals surface area (Å²) in [5, 5.41) is 8.87. The number of aliphatic hydroxyl groups excluding tert-OH is 1. The minimum atomic E-state index is 0.0386. The molecule has 1 N–H and O–H groups in total. The summed E-state index contributed by atoms with van der Waals surface area (Å²) in [5.74, 6) is 1.98. The summed E-state index contributed by atoms with van der Waals surface area (Å²) in [6, 6.07) is 8.52. The minimum absolute atomic E-state index is 0.0386. The lowest BCUT2D eigenvalue weighted by Gasteiger charge is -2.24. The van der Waals surface area contributed by atoms with Gasteiger partial charge in [-0.3, -0.25) is 4.90 Å². The Bertz CT molecular complexity index is 653. The Morgan fingerprint density at radius 2 is 2.26 bits per heavy atom. The molecular formula is C18H25N3O2. The Morgan fingerprint density at radius 1 is 1.39 bits per heavy atom. The fraction of sp³-hybridized carbons (Fsp3) is 0.500. The molecule has 0 bridgehead atoms. The van der Waals surface area contributed by atoms with E-state index in [1.165, 1.54) is 12.0 Å². The van der Waals surface area contributed by atoms with E-state index in [9.17, 15) is 0 Å². The minimum Gasteiger partial charge on any atom is -0.491 e. The molecule has 5 nitrogen and oxygen atoms in total. The zero-order valence-electron chi connectivity index (χ0n) is 13.9. The SMILES string of the molecule is Cc1cn(C)c([C@@H]2CCCN2Cc2cccc(OCCO)c2)n1. The second kappa shape index (κ2) is 7.15. The van der Waals surface area contributed by atoms with Crippen LogP contribution in [0, 0.1) is 6.92 Å². The van der Waals surface area contributed by atoms with Crippen LogP contribution in [0.2, 0.25) is 0 Å².